The molecule has 1 saturated carbocycles. The average molecular weight is 277 g/mol. The number of fused-ring (bicyclic) bond motifs is 2. The molecule has 2 bridgehead atoms. The highest BCUT2D eigenvalue weighted by Crippen LogP contribution is 2.52. The Bertz CT molecular complexity index is 550. The Balaban J connectivity index is 2.22. The number of ketones is 1. The number of carbonyl (C=O) groups is 3. The summed E-state index contributed by atoms with van der Waals surface area (Å²) >= 11 is 0. The van der Waals surface area contributed by atoms with Gasteiger partial charge >= 0.3 is 0 Å². The van der Waals surface area contributed by atoms with Crippen LogP contribution in [0.15, 0.2) is 11.6 Å². The third kappa shape index (κ3) is 1.44. The average Bonchev–Trinajstić information content (AvgIpc) is 2.53. The summed E-state index contributed by atoms with van der Waals surface area (Å²) in [6.07, 6.45) is 2.34. The number of Topliss-reactive ketones (excluding diaryl/α,β-unsaturated/α-hetero) is 1. The summed E-state index contributed by atoms with van der Waals surface area (Å²) < 4.78 is 0. The SMILES string of the molecule is CC(C)C1=C[C@]2(O)C(=O)CC[C@H]1[C@@H]1C(=O)N(C)C(=O)[C@@H]12. The van der Waals surface area contributed by atoms with Gasteiger partial charge in [0.05, 0.1) is 11.8 Å². The number of carbonyl (C=O) groups excluding carboxylic acids is 3. The van der Waals surface area contributed by atoms with Crippen molar-refractivity contribution in [3.63, 3.8) is 0 Å². The lowest BCUT2D eigenvalue weighted by atomic mass is 9.65. The standard InChI is InChI=1S/C15H19NO4/c1-7(2)9-6-15(20)10(17)5-4-8(9)11-12(15)14(19)16(3)13(11)18/h6-8,11-12,20H,4-5H2,1-3H3/t8-,11+,12-,15+/m1/s1. The van der Waals surface area contributed by atoms with E-state index in [-0.39, 0.29) is 29.9 Å². The van der Waals surface area contributed by atoms with Gasteiger partial charge in [0.25, 0.3) is 0 Å². The lowest BCUT2D eigenvalue weighted by Gasteiger charge is -2.38. The van der Waals surface area contributed by atoms with Gasteiger partial charge in [0.1, 0.15) is 0 Å². The van der Waals surface area contributed by atoms with Crippen molar-refractivity contribution < 1.29 is 19.5 Å². The molecule has 3 aliphatic carbocycles. The number of likely N-dealkylation sites (tertiary alicyclic amines) is 1. The fraction of sp³-hybridized carbons (Fsp3) is 0.667. The van der Waals surface area contributed by atoms with E-state index in [1.807, 2.05) is 13.8 Å². The highest BCUT2D eigenvalue weighted by Gasteiger charge is 2.64. The smallest absolute Gasteiger partial charge is 0.236 e. The van der Waals surface area contributed by atoms with Crippen molar-refractivity contribution >= 4 is 17.6 Å². The van der Waals surface area contributed by atoms with Gasteiger partial charge in [-0.1, -0.05) is 19.4 Å². The maximum atomic E-state index is 12.4. The van der Waals surface area contributed by atoms with Gasteiger partial charge in [0.15, 0.2) is 11.4 Å². The molecule has 2 fully saturated rings. The Hall–Kier alpha value is -1.49. The highest BCUT2D eigenvalue weighted by atomic mass is 16.3. The molecule has 0 spiro atoms. The van der Waals surface area contributed by atoms with Gasteiger partial charge in [0, 0.05) is 13.5 Å². The first-order chi connectivity index (χ1) is 9.29. The Morgan fingerprint density at radius 1 is 1.30 bits per heavy atom. The molecule has 4 aliphatic rings. The van der Waals surface area contributed by atoms with Gasteiger partial charge in [-0.2, -0.15) is 0 Å². The van der Waals surface area contributed by atoms with E-state index in [4.69, 9.17) is 0 Å². The minimum absolute atomic E-state index is 0.104. The molecule has 1 aliphatic heterocycles. The number of hydrogen-bond donors (Lipinski definition) is 1. The molecule has 2 amide bonds. The van der Waals surface area contributed by atoms with Gasteiger partial charge in [0.2, 0.25) is 11.8 Å². The van der Waals surface area contributed by atoms with Crippen molar-refractivity contribution in [1.29, 1.82) is 0 Å². The molecule has 0 unspecified atom stereocenters. The molecule has 1 N–H and O–H groups in total. The molecular weight excluding hydrogens is 258 g/mol. The number of nitrogens with zero attached hydrogens (tertiary/aromatic N) is 1. The zero-order valence-electron chi connectivity index (χ0n) is 11.9. The molecule has 4 atom stereocenters. The topological polar surface area (TPSA) is 74.7 Å². The number of amides is 2. The number of hydrogen-bond acceptors (Lipinski definition) is 4. The molecular formula is C15H19NO4. The monoisotopic (exact) mass is 277 g/mol. The molecule has 0 radical (unpaired) electrons. The van der Waals surface area contributed by atoms with E-state index in [0.717, 1.165) is 10.5 Å². The zero-order chi connectivity index (χ0) is 14.8. The predicted molar refractivity (Wildman–Crippen MR) is 70.4 cm³/mol. The van der Waals surface area contributed by atoms with Crippen LogP contribution in [0.3, 0.4) is 0 Å². The van der Waals surface area contributed by atoms with Crippen molar-refractivity contribution in [2.75, 3.05) is 7.05 Å². The van der Waals surface area contributed by atoms with Crippen LogP contribution in [-0.2, 0) is 14.4 Å². The summed E-state index contributed by atoms with van der Waals surface area (Å²) in [7, 11) is 1.43. The number of allylic oxidation sites excluding steroid dienone is 1. The van der Waals surface area contributed by atoms with Crippen LogP contribution in [0, 0.1) is 23.7 Å². The van der Waals surface area contributed by atoms with Crippen molar-refractivity contribution in [3.8, 4) is 0 Å². The predicted octanol–water partition coefficient (Wildman–Crippen LogP) is 0.524. The molecule has 0 aromatic carbocycles. The number of rotatable bonds is 1. The first-order valence-electron chi connectivity index (χ1n) is 7.08. The minimum Gasteiger partial charge on any atom is -0.377 e. The van der Waals surface area contributed by atoms with Crippen LogP contribution in [0.25, 0.3) is 0 Å². The molecule has 108 valence electrons. The second kappa shape index (κ2) is 4.01. The fourth-order valence-corrected chi connectivity index (χ4v) is 4.04. The zero-order valence-corrected chi connectivity index (χ0v) is 11.9. The molecule has 5 heteroatoms. The molecule has 0 aromatic rings. The molecule has 1 heterocycles. The van der Waals surface area contributed by atoms with Gasteiger partial charge in [-0.25, -0.2) is 0 Å². The normalized spacial score (nSPS) is 40.2. The summed E-state index contributed by atoms with van der Waals surface area (Å²) in [6, 6.07) is 0. The van der Waals surface area contributed by atoms with E-state index in [2.05, 4.69) is 0 Å². The van der Waals surface area contributed by atoms with Crippen LogP contribution in [-0.4, -0.2) is 40.3 Å². The van der Waals surface area contributed by atoms with Crippen LogP contribution in [0.5, 0.6) is 0 Å². The summed E-state index contributed by atoms with van der Waals surface area (Å²) in [5.41, 5.74) is -0.856. The van der Waals surface area contributed by atoms with E-state index in [0.29, 0.717) is 6.42 Å². The van der Waals surface area contributed by atoms with Crippen LogP contribution in [0.1, 0.15) is 26.7 Å². The number of aliphatic hydroxyl groups is 1. The Kier molecular flexibility index (Phi) is 2.70. The van der Waals surface area contributed by atoms with Gasteiger partial charge in [-0.05, 0) is 24.3 Å². The van der Waals surface area contributed by atoms with E-state index < -0.39 is 23.3 Å². The Morgan fingerprint density at radius 3 is 2.55 bits per heavy atom. The van der Waals surface area contributed by atoms with Gasteiger partial charge < -0.3 is 5.11 Å². The summed E-state index contributed by atoms with van der Waals surface area (Å²) in [4.78, 5) is 38.0. The lowest BCUT2D eigenvalue weighted by molar-refractivity contribution is -0.148. The van der Waals surface area contributed by atoms with Crippen molar-refractivity contribution in [2.45, 2.75) is 32.3 Å². The van der Waals surface area contributed by atoms with E-state index in [9.17, 15) is 19.5 Å². The first kappa shape index (κ1) is 13.5. The maximum absolute atomic E-state index is 12.4. The molecule has 4 rings (SSSR count). The van der Waals surface area contributed by atoms with E-state index in [1.54, 1.807) is 6.08 Å². The first-order valence-corrected chi connectivity index (χ1v) is 7.08. The van der Waals surface area contributed by atoms with E-state index in [1.165, 1.54) is 7.05 Å². The number of imide groups is 1. The van der Waals surface area contributed by atoms with Gasteiger partial charge in [-0.15, -0.1) is 0 Å². The van der Waals surface area contributed by atoms with E-state index >= 15 is 0 Å². The fourth-order valence-electron chi connectivity index (χ4n) is 4.04. The third-order valence-electron chi connectivity index (χ3n) is 5.09. The van der Waals surface area contributed by atoms with Crippen LogP contribution < -0.4 is 0 Å². The van der Waals surface area contributed by atoms with Gasteiger partial charge in [-0.3, -0.25) is 19.3 Å². The summed E-state index contributed by atoms with van der Waals surface area (Å²) in [5.74, 6) is -2.48. The molecule has 20 heavy (non-hydrogen) atoms. The van der Waals surface area contributed by atoms with Crippen LogP contribution >= 0.6 is 0 Å². The van der Waals surface area contributed by atoms with Crippen molar-refractivity contribution in [1.82, 2.24) is 4.90 Å². The second-order valence-corrected chi connectivity index (χ2v) is 6.43. The third-order valence-corrected chi connectivity index (χ3v) is 5.09. The molecule has 1 saturated heterocycles. The Labute approximate surface area is 117 Å². The summed E-state index contributed by atoms with van der Waals surface area (Å²) in [5, 5.41) is 10.8. The quantitative estimate of drug-likeness (QED) is 0.560. The largest absolute Gasteiger partial charge is 0.377 e. The lowest BCUT2D eigenvalue weighted by Crippen LogP contribution is -2.51. The second-order valence-electron chi connectivity index (χ2n) is 6.43. The van der Waals surface area contributed by atoms with Crippen LogP contribution in [0.4, 0.5) is 0 Å². The van der Waals surface area contributed by atoms with Crippen molar-refractivity contribution in [2.24, 2.45) is 23.7 Å². The highest BCUT2D eigenvalue weighted by molar-refractivity contribution is 6.10. The molecule has 0 aromatic heterocycles. The van der Waals surface area contributed by atoms with Crippen molar-refractivity contribution in [3.05, 3.63) is 11.6 Å². The minimum atomic E-state index is -1.80. The Morgan fingerprint density at radius 2 is 1.95 bits per heavy atom. The molecule has 5 nitrogen and oxygen atoms in total. The maximum Gasteiger partial charge on any atom is 0.236 e. The van der Waals surface area contributed by atoms with Crippen LogP contribution in [0.2, 0.25) is 0 Å². The summed E-state index contributed by atoms with van der Waals surface area (Å²) in [6.45, 7) is 3.97.